The first kappa shape index (κ1) is 22.0. The molecule has 7 rings (SSSR count). The van der Waals surface area contributed by atoms with Gasteiger partial charge >= 0.3 is 5.69 Å². The minimum Gasteiger partial charge on any atom is -0.490 e. The molecule has 1 saturated carbocycles. The van der Waals surface area contributed by atoms with Crippen molar-refractivity contribution < 1.29 is 9.13 Å². The van der Waals surface area contributed by atoms with Gasteiger partial charge in [0.2, 0.25) is 0 Å². The Kier molecular flexibility index (Phi) is 4.99. The summed E-state index contributed by atoms with van der Waals surface area (Å²) in [6, 6.07) is 1.46. The number of aromatic nitrogens is 5. The van der Waals surface area contributed by atoms with Crippen LogP contribution in [0.15, 0.2) is 29.5 Å². The van der Waals surface area contributed by atoms with Crippen LogP contribution in [0.2, 0.25) is 0 Å². The Hall–Kier alpha value is -3.20. The Balaban J connectivity index is 1.24. The number of imidazole rings is 1. The predicted molar refractivity (Wildman–Crippen MR) is 136 cm³/mol. The third-order valence-corrected chi connectivity index (χ3v) is 8.35. The average Bonchev–Trinajstić information content (AvgIpc) is 3.48. The number of pyridine rings is 1. The lowest BCUT2D eigenvalue weighted by Crippen LogP contribution is -2.34. The number of ether oxygens (including phenoxy) is 1. The highest BCUT2D eigenvalue weighted by molar-refractivity contribution is 6.09. The van der Waals surface area contributed by atoms with Crippen LogP contribution in [0.5, 0.6) is 5.75 Å². The van der Waals surface area contributed by atoms with Crippen LogP contribution in [0.25, 0.3) is 33.1 Å². The number of halogens is 1. The van der Waals surface area contributed by atoms with E-state index in [1.807, 2.05) is 15.4 Å². The summed E-state index contributed by atoms with van der Waals surface area (Å²) in [6.45, 7) is 4.71. The van der Waals surface area contributed by atoms with E-state index in [0.717, 1.165) is 49.8 Å². The molecule has 4 aromatic rings. The van der Waals surface area contributed by atoms with Crippen molar-refractivity contribution in [1.29, 1.82) is 0 Å². The van der Waals surface area contributed by atoms with Crippen LogP contribution in [0, 0.1) is 5.82 Å². The Labute approximate surface area is 208 Å². The van der Waals surface area contributed by atoms with Gasteiger partial charge in [-0.05, 0) is 58.2 Å². The summed E-state index contributed by atoms with van der Waals surface area (Å²) in [4.78, 5) is 20.3. The van der Waals surface area contributed by atoms with E-state index in [4.69, 9.17) is 4.74 Å². The van der Waals surface area contributed by atoms with Gasteiger partial charge in [0, 0.05) is 31.4 Å². The summed E-state index contributed by atoms with van der Waals surface area (Å²) in [7, 11) is 1.77. The largest absolute Gasteiger partial charge is 0.490 e. The van der Waals surface area contributed by atoms with Crippen molar-refractivity contribution in [1.82, 2.24) is 28.8 Å². The molecule has 0 amide bonds. The van der Waals surface area contributed by atoms with Crippen molar-refractivity contribution in [2.75, 3.05) is 26.2 Å². The van der Waals surface area contributed by atoms with Crippen molar-refractivity contribution in [3.05, 3.63) is 41.0 Å². The smallest absolute Gasteiger partial charge is 0.329 e. The van der Waals surface area contributed by atoms with Gasteiger partial charge in [-0.15, -0.1) is 0 Å². The fraction of sp³-hybridized carbons (Fsp3) is 0.519. The molecule has 1 saturated heterocycles. The number of nitrogens with zero attached hydrogens (tertiary/aromatic N) is 6. The van der Waals surface area contributed by atoms with Crippen molar-refractivity contribution in [2.45, 2.75) is 57.0 Å². The summed E-state index contributed by atoms with van der Waals surface area (Å²) in [5.41, 5.74) is 2.69. The molecule has 1 aliphatic carbocycles. The lowest BCUT2D eigenvalue weighted by molar-refractivity contribution is 0.223. The molecule has 1 aromatic carbocycles. The predicted octanol–water partition coefficient (Wildman–Crippen LogP) is 4.04. The van der Waals surface area contributed by atoms with Gasteiger partial charge in [0.15, 0.2) is 0 Å². The van der Waals surface area contributed by atoms with Crippen molar-refractivity contribution >= 4 is 21.9 Å². The fourth-order valence-electron chi connectivity index (χ4n) is 6.13. The van der Waals surface area contributed by atoms with Crippen LogP contribution >= 0.6 is 0 Å². The molecule has 188 valence electrons. The first-order valence-corrected chi connectivity index (χ1v) is 13.2. The second kappa shape index (κ2) is 8.16. The van der Waals surface area contributed by atoms with Crippen molar-refractivity contribution in [3.63, 3.8) is 0 Å². The van der Waals surface area contributed by atoms with Gasteiger partial charge in [-0.1, -0.05) is 6.42 Å². The maximum absolute atomic E-state index is 15.6. The molecule has 8 nitrogen and oxygen atoms in total. The first-order valence-electron chi connectivity index (χ1n) is 13.2. The van der Waals surface area contributed by atoms with Gasteiger partial charge < -0.3 is 9.64 Å². The molecule has 9 heteroatoms. The van der Waals surface area contributed by atoms with Crippen LogP contribution in [-0.4, -0.2) is 55.0 Å². The van der Waals surface area contributed by atoms with E-state index >= 15 is 4.39 Å². The van der Waals surface area contributed by atoms with E-state index in [1.165, 1.54) is 38.4 Å². The molecule has 0 atom stereocenters. The number of hydrogen-bond donors (Lipinski definition) is 0. The number of unbranched alkanes of at least 4 members (excludes halogenated alkanes) is 1. The van der Waals surface area contributed by atoms with Gasteiger partial charge in [-0.3, -0.25) is 18.8 Å². The molecule has 36 heavy (non-hydrogen) atoms. The monoisotopic (exact) mass is 490 g/mol. The molecule has 0 radical (unpaired) electrons. The van der Waals surface area contributed by atoms with E-state index < -0.39 is 0 Å². The van der Waals surface area contributed by atoms with Gasteiger partial charge in [-0.25, -0.2) is 9.18 Å². The van der Waals surface area contributed by atoms with Gasteiger partial charge in [0.1, 0.15) is 18.2 Å². The molecule has 0 N–H and O–H groups in total. The minimum absolute atomic E-state index is 0.0727. The van der Waals surface area contributed by atoms with E-state index in [0.29, 0.717) is 34.4 Å². The third-order valence-electron chi connectivity index (χ3n) is 8.35. The van der Waals surface area contributed by atoms with Crippen LogP contribution in [0.3, 0.4) is 0 Å². The van der Waals surface area contributed by atoms with Crippen LogP contribution in [0.1, 0.15) is 44.9 Å². The molecule has 3 aliphatic rings. The standard InChI is InChI=1S/C27H31FN6O2/c1-31-21-15-29-20-13-19(28)22(25-23(20)24(21)34(26(31)35)27(7-8-27)17-36-25)18-14-30-33(16-18)12-6-5-11-32-9-3-2-4-10-32/h13-16H,2-12,17H2,1H3. The SMILES string of the molecule is Cn1c(=O)n2c3c4c(c(-c5cnn(CCCCN6CCCCC6)c5)c(F)cc4ncc31)OCC21CC1. The molecular formula is C27H31FN6O2. The topological polar surface area (TPSA) is 70.1 Å². The van der Waals surface area contributed by atoms with E-state index in [9.17, 15) is 4.79 Å². The number of benzene rings is 1. The number of hydrogen-bond acceptors (Lipinski definition) is 5. The molecule has 5 heterocycles. The lowest BCUT2D eigenvalue weighted by Gasteiger charge is -2.26. The highest BCUT2D eigenvalue weighted by Gasteiger charge is 2.50. The molecule has 2 fully saturated rings. The fourth-order valence-corrected chi connectivity index (χ4v) is 6.13. The number of likely N-dealkylation sites (tertiary alicyclic amines) is 1. The normalized spacial score (nSPS) is 18.8. The summed E-state index contributed by atoms with van der Waals surface area (Å²) < 4.78 is 27.3. The number of piperidine rings is 1. The maximum atomic E-state index is 15.6. The number of aryl methyl sites for hydroxylation is 2. The lowest BCUT2D eigenvalue weighted by atomic mass is 10.0. The molecule has 3 aromatic heterocycles. The van der Waals surface area contributed by atoms with Crippen LogP contribution in [-0.2, 0) is 19.1 Å². The Morgan fingerprint density at radius 2 is 1.92 bits per heavy atom. The highest BCUT2D eigenvalue weighted by atomic mass is 19.1. The van der Waals surface area contributed by atoms with Crippen molar-refractivity contribution in [3.8, 4) is 16.9 Å². The Bertz CT molecular complexity index is 1540. The summed E-state index contributed by atoms with van der Waals surface area (Å²) in [5.74, 6) is 0.0847. The highest BCUT2D eigenvalue weighted by Crippen LogP contribution is 2.51. The second-order valence-electron chi connectivity index (χ2n) is 10.7. The molecule has 0 unspecified atom stereocenters. The molecular weight excluding hydrogens is 459 g/mol. The summed E-state index contributed by atoms with van der Waals surface area (Å²) >= 11 is 0. The zero-order chi connectivity index (χ0) is 24.4. The molecule has 2 aliphatic heterocycles. The number of fused-ring (bicyclic) bond motifs is 1. The summed E-state index contributed by atoms with van der Waals surface area (Å²) in [5, 5.41) is 5.25. The molecule has 1 spiro atoms. The van der Waals surface area contributed by atoms with E-state index in [1.54, 1.807) is 24.0 Å². The zero-order valence-corrected chi connectivity index (χ0v) is 20.7. The quantitative estimate of drug-likeness (QED) is 0.382. The van der Waals surface area contributed by atoms with E-state index in [-0.39, 0.29) is 17.0 Å². The minimum atomic E-state index is -0.384. The first-order chi connectivity index (χ1) is 17.6. The maximum Gasteiger partial charge on any atom is 0.329 e. The number of rotatable bonds is 6. The van der Waals surface area contributed by atoms with Crippen LogP contribution in [0.4, 0.5) is 4.39 Å². The third kappa shape index (κ3) is 3.32. The second-order valence-corrected chi connectivity index (χ2v) is 10.7. The van der Waals surface area contributed by atoms with Gasteiger partial charge in [0.05, 0.1) is 45.4 Å². The Morgan fingerprint density at radius 3 is 2.72 bits per heavy atom. The summed E-state index contributed by atoms with van der Waals surface area (Å²) in [6.07, 6.45) is 13.2. The molecule has 0 bridgehead atoms. The zero-order valence-electron chi connectivity index (χ0n) is 20.7. The Morgan fingerprint density at radius 1 is 1.11 bits per heavy atom. The van der Waals surface area contributed by atoms with Gasteiger partial charge in [0.25, 0.3) is 0 Å². The van der Waals surface area contributed by atoms with Gasteiger partial charge in [-0.2, -0.15) is 5.10 Å². The average molecular weight is 491 g/mol. The van der Waals surface area contributed by atoms with E-state index in [2.05, 4.69) is 15.0 Å². The van der Waals surface area contributed by atoms with Crippen molar-refractivity contribution in [2.24, 2.45) is 7.05 Å². The van der Waals surface area contributed by atoms with Crippen LogP contribution < -0.4 is 10.4 Å².